The summed E-state index contributed by atoms with van der Waals surface area (Å²) in [7, 11) is 0. The van der Waals surface area contributed by atoms with Crippen molar-refractivity contribution in [3.8, 4) is 5.75 Å². The Bertz CT molecular complexity index is 549. The van der Waals surface area contributed by atoms with Gasteiger partial charge in [0.05, 0.1) is 0 Å². The van der Waals surface area contributed by atoms with Gasteiger partial charge in [0.1, 0.15) is 5.75 Å². The van der Waals surface area contributed by atoms with Crippen molar-refractivity contribution in [3.05, 3.63) is 35.9 Å². The van der Waals surface area contributed by atoms with Crippen molar-refractivity contribution in [2.75, 3.05) is 0 Å². The molecule has 2 aromatic rings. The minimum absolute atomic E-state index is 0.221. The van der Waals surface area contributed by atoms with Gasteiger partial charge in [-0.05, 0) is 52.5 Å². The summed E-state index contributed by atoms with van der Waals surface area (Å²) in [6.07, 6.45) is 0. The Morgan fingerprint density at radius 1 is 1.27 bits per heavy atom. The molecule has 2 aromatic carbocycles. The number of fused-ring (bicyclic) bond motifs is 1. The summed E-state index contributed by atoms with van der Waals surface area (Å²) in [5, 5.41) is 11.2. The van der Waals surface area contributed by atoms with Crippen molar-refractivity contribution in [1.29, 1.82) is 0 Å². The van der Waals surface area contributed by atoms with E-state index in [2.05, 4.69) is 0 Å². The molecule has 0 radical (unpaired) electrons. The zero-order valence-corrected chi connectivity index (χ0v) is 8.88. The van der Waals surface area contributed by atoms with Crippen molar-refractivity contribution < 1.29 is 13.9 Å². The molecule has 0 aromatic heterocycles. The van der Waals surface area contributed by atoms with Gasteiger partial charge in [-0.25, -0.2) is 0 Å². The fourth-order valence-corrected chi connectivity index (χ4v) is 1.96. The molecule has 15 heavy (non-hydrogen) atoms. The number of benzene rings is 2. The zero-order valence-electron chi connectivity index (χ0n) is 8.06. The van der Waals surface area contributed by atoms with Crippen molar-refractivity contribution in [1.82, 2.24) is 0 Å². The maximum atomic E-state index is 10.7. The van der Waals surface area contributed by atoms with Gasteiger partial charge in [0.15, 0.2) is 0 Å². The molecule has 1 atom stereocenters. The van der Waals surface area contributed by atoms with E-state index in [1.165, 1.54) is 6.07 Å². The van der Waals surface area contributed by atoms with E-state index in [-0.39, 0.29) is 10.6 Å². The van der Waals surface area contributed by atoms with Crippen LogP contribution in [-0.2, 0) is 11.1 Å². The molecule has 0 spiro atoms. The predicted octanol–water partition coefficient (Wildman–Crippen LogP) is 2.09. The smallest absolute Gasteiger partial charge is 0.119 e. The number of phenols is 1. The Balaban J connectivity index is 2.75. The van der Waals surface area contributed by atoms with Crippen LogP contribution in [0.1, 0.15) is 5.56 Å². The van der Waals surface area contributed by atoms with Crippen LogP contribution >= 0.6 is 0 Å². The highest BCUT2D eigenvalue weighted by Crippen LogP contribution is 2.27. The van der Waals surface area contributed by atoms with Crippen LogP contribution in [0.25, 0.3) is 10.8 Å². The second-order valence-electron chi connectivity index (χ2n) is 3.33. The largest absolute Gasteiger partial charge is 0.768 e. The minimum Gasteiger partial charge on any atom is -0.768 e. The highest BCUT2D eigenvalue weighted by atomic mass is 32.2. The molecular formula is C11H9O3S-. The predicted molar refractivity (Wildman–Crippen MR) is 57.5 cm³/mol. The number of rotatable bonds is 1. The highest BCUT2D eigenvalue weighted by molar-refractivity contribution is 7.79. The zero-order chi connectivity index (χ0) is 11.0. The van der Waals surface area contributed by atoms with Gasteiger partial charge < -0.3 is 9.66 Å². The monoisotopic (exact) mass is 221 g/mol. The molecule has 1 unspecified atom stereocenters. The topological polar surface area (TPSA) is 60.4 Å². The van der Waals surface area contributed by atoms with Gasteiger partial charge in [0, 0.05) is 4.90 Å². The molecule has 0 aliphatic heterocycles. The third kappa shape index (κ3) is 1.73. The van der Waals surface area contributed by atoms with Gasteiger partial charge in [-0.3, -0.25) is 4.21 Å². The van der Waals surface area contributed by atoms with Crippen LogP contribution in [0.2, 0.25) is 0 Å². The normalized spacial score (nSPS) is 12.9. The first-order valence-corrected chi connectivity index (χ1v) is 5.48. The van der Waals surface area contributed by atoms with Crippen LogP contribution in [0, 0.1) is 6.92 Å². The second-order valence-corrected chi connectivity index (χ2v) is 4.27. The average Bonchev–Trinajstić information content (AvgIpc) is 2.23. The molecule has 0 bridgehead atoms. The molecule has 0 aliphatic rings. The lowest BCUT2D eigenvalue weighted by Gasteiger charge is -2.08. The van der Waals surface area contributed by atoms with Gasteiger partial charge in [-0.2, -0.15) is 0 Å². The summed E-state index contributed by atoms with van der Waals surface area (Å²) >= 11 is -2.21. The van der Waals surface area contributed by atoms with E-state index in [0.717, 1.165) is 16.3 Å². The molecule has 0 fully saturated rings. The van der Waals surface area contributed by atoms with Gasteiger partial charge in [-0.1, -0.05) is 12.1 Å². The molecule has 0 aliphatic carbocycles. The van der Waals surface area contributed by atoms with Crippen molar-refractivity contribution in [3.63, 3.8) is 0 Å². The molecule has 1 N–H and O–H groups in total. The Labute approximate surface area is 89.6 Å². The van der Waals surface area contributed by atoms with Crippen LogP contribution in [0.4, 0.5) is 0 Å². The number of hydrogen-bond acceptors (Lipinski definition) is 3. The quantitative estimate of drug-likeness (QED) is 0.750. The standard InChI is InChI=1S/C11H10O3S/c1-7-10-4-3-9(15(13)14)6-8(10)2-5-11(7)12/h2-6,12H,1H3,(H,13,14)/p-1. The number of hydrogen-bond donors (Lipinski definition) is 1. The van der Waals surface area contributed by atoms with E-state index in [0.29, 0.717) is 0 Å². The van der Waals surface area contributed by atoms with E-state index in [4.69, 9.17) is 0 Å². The molecule has 4 heteroatoms. The average molecular weight is 221 g/mol. The lowest BCUT2D eigenvalue weighted by Crippen LogP contribution is -1.89. The number of aryl methyl sites for hydroxylation is 1. The van der Waals surface area contributed by atoms with Crippen molar-refractivity contribution in [2.24, 2.45) is 0 Å². The molecule has 78 valence electrons. The summed E-state index contributed by atoms with van der Waals surface area (Å²) in [4.78, 5) is 0.257. The summed E-state index contributed by atoms with van der Waals surface area (Å²) in [6, 6.07) is 8.08. The maximum Gasteiger partial charge on any atom is 0.119 e. The van der Waals surface area contributed by atoms with E-state index >= 15 is 0 Å². The Morgan fingerprint density at radius 2 is 2.00 bits per heavy atom. The van der Waals surface area contributed by atoms with Crippen LogP contribution in [-0.4, -0.2) is 13.9 Å². The number of phenolic OH excluding ortho intramolecular Hbond substituents is 1. The maximum absolute atomic E-state index is 10.7. The first-order chi connectivity index (χ1) is 7.09. The molecule has 2 rings (SSSR count). The lowest BCUT2D eigenvalue weighted by atomic mass is 10.1. The van der Waals surface area contributed by atoms with Crippen LogP contribution in [0.5, 0.6) is 5.75 Å². The Kier molecular flexibility index (Phi) is 2.46. The molecule has 3 nitrogen and oxygen atoms in total. The Hall–Kier alpha value is -1.39. The summed E-state index contributed by atoms with van der Waals surface area (Å²) in [6.45, 7) is 1.80. The van der Waals surface area contributed by atoms with Gasteiger partial charge >= 0.3 is 0 Å². The molecule has 0 amide bonds. The molecular weight excluding hydrogens is 212 g/mol. The van der Waals surface area contributed by atoms with Gasteiger partial charge in [-0.15, -0.1) is 0 Å². The summed E-state index contributed by atoms with van der Waals surface area (Å²) in [5.74, 6) is 0.221. The molecule has 0 heterocycles. The Morgan fingerprint density at radius 3 is 2.67 bits per heavy atom. The summed E-state index contributed by atoms with van der Waals surface area (Å²) < 4.78 is 21.5. The second kappa shape index (κ2) is 3.64. The van der Waals surface area contributed by atoms with E-state index in [9.17, 15) is 13.9 Å². The number of aromatic hydroxyl groups is 1. The van der Waals surface area contributed by atoms with E-state index < -0.39 is 11.1 Å². The molecule has 0 saturated carbocycles. The van der Waals surface area contributed by atoms with Crippen molar-refractivity contribution >= 4 is 21.9 Å². The van der Waals surface area contributed by atoms with E-state index in [1.54, 1.807) is 31.2 Å². The molecule has 0 saturated heterocycles. The third-order valence-electron chi connectivity index (χ3n) is 2.42. The third-order valence-corrected chi connectivity index (χ3v) is 3.06. The summed E-state index contributed by atoms with van der Waals surface area (Å²) in [5.41, 5.74) is 0.760. The fraction of sp³-hybridized carbons (Fsp3) is 0.0909. The highest BCUT2D eigenvalue weighted by Gasteiger charge is 2.03. The van der Waals surface area contributed by atoms with Crippen LogP contribution in [0.15, 0.2) is 35.2 Å². The van der Waals surface area contributed by atoms with Crippen LogP contribution in [0.3, 0.4) is 0 Å². The van der Waals surface area contributed by atoms with E-state index in [1.807, 2.05) is 0 Å². The van der Waals surface area contributed by atoms with Gasteiger partial charge in [0.2, 0.25) is 0 Å². The fourth-order valence-electron chi connectivity index (χ4n) is 1.56. The lowest BCUT2D eigenvalue weighted by molar-refractivity contribution is 0.472. The first kappa shape index (κ1) is 10.1. The van der Waals surface area contributed by atoms with Gasteiger partial charge in [0.25, 0.3) is 0 Å². The minimum atomic E-state index is -2.21. The van der Waals surface area contributed by atoms with Crippen molar-refractivity contribution in [2.45, 2.75) is 11.8 Å². The SMILES string of the molecule is Cc1c(O)ccc2cc(S(=O)[O-])ccc12. The van der Waals surface area contributed by atoms with Crippen LogP contribution < -0.4 is 0 Å². The first-order valence-electron chi connectivity index (χ1n) is 4.41.